The number of aromatic nitrogens is 4. The summed E-state index contributed by atoms with van der Waals surface area (Å²) in [5, 5.41) is 17.5. The van der Waals surface area contributed by atoms with Crippen molar-refractivity contribution in [1.29, 1.82) is 0 Å². The molecule has 0 spiro atoms. The Balaban J connectivity index is 2.06. The lowest BCUT2D eigenvalue weighted by Gasteiger charge is -2.03. The van der Waals surface area contributed by atoms with Crippen LogP contribution in [0.1, 0.15) is 19.0 Å². The van der Waals surface area contributed by atoms with Gasteiger partial charge in [-0.2, -0.15) is 4.68 Å². The summed E-state index contributed by atoms with van der Waals surface area (Å²) in [6.07, 6.45) is 5.60. The van der Waals surface area contributed by atoms with Gasteiger partial charge in [0.1, 0.15) is 12.4 Å². The third-order valence-corrected chi connectivity index (χ3v) is 2.72. The summed E-state index contributed by atoms with van der Waals surface area (Å²) in [5.41, 5.74) is 0.640. The van der Waals surface area contributed by atoms with E-state index < -0.39 is 4.92 Å². The van der Waals surface area contributed by atoms with E-state index >= 15 is 0 Å². The topological polar surface area (TPSA) is 98.8 Å². The number of nitrogens with zero attached hydrogens (tertiary/aromatic N) is 5. The molecule has 0 saturated carbocycles. The number of nitrogens with one attached hydrogen (secondary N) is 1. The molecule has 0 saturated heterocycles. The fraction of sp³-hybridized carbons (Fsp3) is 0.364. The van der Waals surface area contributed by atoms with Gasteiger partial charge in [0, 0.05) is 6.54 Å². The zero-order chi connectivity index (χ0) is 14.5. The molecule has 0 unspecified atom stereocenters. The van der Waals surface area contributed by atoms with Crippen molar-refractivity contribution in [2.24, 2.45) is 0 Å². The SMILES string of the molecule is CCCNc1cnc(Cn2cc(Cl)c([N+](=O)[O-])n2)cn1. The van der Waals surface area contributed by atoms with Gasteiger partial charge in [0.15, 0.2) is 5.02 Å². The number of anilines is 1. The molecule has 0 radical (unpaired) electrons. The fourth-order valence-electron chi connectivity index (χ4n) is 1.54. The summed E-state index contributed by atoms with van der Waals surface area (Å²) in [5.74, 6) is 0.334. The first-order valence-corrected chi connectivity index (χ1v) is 6.40. The van der Waals surface area contributed by atoms with E-state index in [4.69, 9.17) is 11.6 Å². The second-order valence-corrected chi connectivity index (χ2v) is 4.48. The maximum Gasteiger partial charge on any atom is 0.408 e. The highest BCUT2D eigenvalue weighted by Gasteiger charge is 2.19. The van der Waals surface area contributed by atoms with Crippen molar-refractivity contribution >= 4 is 23.2 Å². The molecule has 2 heterocycles. The van der Waals surface area contributed by atoms with E-state index in [-0.39, 0.29) is 17.4 Å². The molecule has 2 rings (SSSR count). The molecular weight excluding hydrogens is 284 g/mol. The molecule has 0 atom stereocenters. The van der Waals surface area contributed by atoms with Crippen molar-refractivity contribution in [3.05, 3.63) is 39.4 Å². The lowest BCUT2D eigenvalue weighted by Crippen LogP contribution is -2.06. The van der Waals surface area contributed by atoms with Crippen LogP contribution in [0.25, 0.3) is 0 Å². The van der Waals surface area contributed by atoms with Crippen molar-refractivity contribution in [3.8, 4) is 0 Å². The Labute approximate surface area is 120 Å². The third-order valence-electron chi connectivity index (χ3n) is 2.46. The van der Waals surface area contributed by atoms with Gasteiger partial charge in [-0.1, -0.05) is 18.5 Å². The maximum absolute atomic E-state index is 10.6. The molecule has 20 heavy (non-hydrogen) atoms. The molecule has 0 aliphatic carbocycles. The molecule has 9 heteroatoms. The Hall–Kier alpha value is -2.22. The van der Waals surface area contributed by atoms with Crippen LogP contribution in [0.5, 0.6) is 0 Å². The van der Waals surface area contributed by atoms with E-state index in [1.807, 2.05) is 0 Å². The van der Waals surface area contributed by atoms with Crippen molar-refractivity contribution in [2.75, 3.05) is 11.9 Å². The summed E-state index contributed by atoms with van der Waals surface area (Å²) < 4.78 is 1.36. The normalized spacial score (nSPS) is 10.5. The van der Waals surface area contributed by atoms with Crippen LogP contribution in [-0.4, -0.2) is 31.2 Å². The number of hydrogen-bond donors (Lipinski definition) is 1. The molecule has 106 valence electrons. The number of halogens is 1. The molecule has 0 bridgehead atoms. The van der Waals surface area contributed by atoms with Crippen LogP contribution in [0.15, 0.2) is 18.6 Å². The summed E-state index contributed by atoms with van der Waals surface area (Å²) >= 11 is 5.72. The first kappa shape index (κ1) is 14.2. The van der Waals surface area contributed by atoms with Crippen molar-refractivity contribution in [2.45, 2.75) is 19.9 Å². The van der Waals surface area contributed by atoms with Crippen molar-refractivity contribution < 1.29 is 4.92 Å². The zero-order valence-electron chi connectivity index (χ0n) is 10.8. The van der Waals surface area contributed by atoms with Crippen LogP contribution < -0.4 is 5.32 Å². The second-order valence-electron chi connectivity index (χ2n) is 4.08. The van der Waals surface area contributed by atoms with Crippen LogP contribution in [0.4, 0.5) is 11.6 Å². The lowest BCUT2D eigenvalue weighted by atomic mass is 10.4. The van der Waals surface area contributed by atoms with Crippen LogP contribution >= 0.6 is 11.6 Å². The predicted molar refractivity (Wildman–Crippen MR) is 73.8 cm³/mol. The minimum absolute atomic E-state index is 0.00388. The molecule has 0 amide bonds. The Bertz CT molecular complexity index is 597. The minimum atomic E-state index is -0.623. The summed E-state index contributed by atoms with van der Waals surface area (Å²) in [6.45, 7) is 3.16. The van der Waals surface area contributed by atoms with Gasteiger partial charge < -0.3 is 15.4 Å². The molecule has 2 aromatic rings. The fourth-order valence-corrected chi connectivity index (χ4v) is 1.76. The largest absolute Gasteiger partial charge is 0.408 e. The average molecular weight is 297 g/mol. The Morgan fingerprint density at radius 3 is 2.80 bits per heavy atom. The molecule has 2 aromatic heterocycles. The quantitative estimate of drug-likeness (QED) is 0.647. The zero-order valence-corrected chi connectivity index (χ0v) is 11.5. The molecule has 0 aliphatic heterocycles. The molecule has 0 fully saturated rings. The van der Waals surface area contributed by atoms with E-state index in [0.717, 1.165) is 13.0 Å². The Kier molecular flexibility index (Phi) is 4.46. The van der Waals surface area contributed by atoms with Crippen molar-refractivity contribution in [3.63, 3.8) is 0 Å². The van der Waals surface area contributed by atoms with Crippen molar-refractivity contribution in [1.82, 2.24) is 19.7 Å². The van der Waals surface area contributed by atoms with Crippen LogP contribution in [0.3, 0.4) is 0 Å². The monoisotopic (exact) mass is 296 g/mol. The highest BCUT2D eigenvalue weighted by molar-refractivity contribution is 6.32. The maximum atomic E-state index is 10.6. The first-order valence-electron chi connectivity index (χ1n) is 6.02. The van der Waals surface area contributed by atoms with Gasteiger partial charge >= 0.3 is 5.82 Å². The van der Waals surface area contributed by atoms with E-state index in [2.05, 4.69) is 27.3 Å². The molecule has 0 aliphatic rings. The van der Waals surface area contributed by atoms with Gasteiger partial charge in [-0.25, -0.2) is 4.98 Å². The van der Waals surface area contributed by atoms with E-state index in [9.17, 15) is 10.1 Å². The summed E-state index contributed by atoms with van der Waals surface area (Å²) in [7, 11) is 0. The van der Waals surface area contributed by atoms with Crippen LogP contribution in [0.2, 0.25) is 5.02 Å². The van der Waals surface area contributed by atoms with Gasteiger partial charge in [0.05, 0.1) is 29.4 Å². The van der Waals surface area contributed by atoms with E-state index in [1.165, 1.54) is 10.9 Å². The smallest absolute Gasteiger partial charge is 0.369 e. The highest BCUT2D eigenvalue weighted by atomic mass is 35.5. The van der Waals surface area contributed by atoms with Gasteiger partial charge in [0.2, 0.25) is 0 Å². The van der Waals surface area contributed by atoms with Crippen LogP contribution in [0, 0.1) is 10.1 Å². The highest BCUT2D eigenvalue weighted by Crippen LogP contribution is 2.21. The molecule has 8 nitrogen and oxygen atoms in total. The van der Waals surface area contributed by atoms with E-state index in [1.54, 1.807) is 12.4 Å². The third kappa shape index (κ3) is 3.41. The molecule has 1 N–H and O–H groups in total. The summed E-state index contributed by atoms with van der Waals surface area (Å²) in [4.78, 5) is 18.4. The standard InChI is InChI=1S/C11H13ClN6O2/c1-2-3-13-10-5-14-8(4-15-10)6-17-7-9(12)11(16-17)18(19)20/h4-5,7H,2-3,6H2,1H3,(H,13,15). The predicted octanol–water partition coefficient (Wildman–Crippen LogP) is 2.10. The number of rotatable bonds is 6. The Morgan fingerprint density at radius 1 is 1.45 bits per heavy atom. The van der Waals surface area contributed by atoms with Gasteiger partial charge in [-0.05, 0) is 11.3 Å². The van der Waals surface area contributed by atoms with E-state index in [0.29, 0.717) is 11.5 Å². The minimum Gasteiger partial charge on any atom is -0.369 e. The molecular formula is C11H13ClN6O2. The Morgan fingerprint density at radius 2 is 2.25 bits per heavy atom. The average Bonchev–Trinajstić information content (AvgIpc) is 2.79. The number of hydrogen-bond acceptors (Lipinski definition) is 6. The van der Waals surface area contributed by atoms with Gasteiger partial charge in [-0.3, -0.25) is 4.98 Å². The van der Waals surface area contributed by atoms with Gasteiger partial charge in [-0.15, -0.1) is 0 Å². The van der Waals surface area contributed by atoms with Crippen LogP contribution in [-0.2, 0) is 6.54 Å². The summed E-state index contributed by atoms with van der Waals surface area (Å²) in [6, 6.07) is 0. The second kappa shape index (κ2) is 6.29. The first-order chi connectivity index (χ1) is 9.60. The van der Waals surface area contributed by atoms with Gasteiger partial charge in [0.25, 0.3) is 0 Å². The molecule has 0 aromatic carbocycles. The number of nitro groups is 1. The lowest BCUT2D eigenvalue weighted by molar-refractivity contribution is -0.389.